The summed E-state index contributed by atoms with van der Waals surface area (Å²) in [5, 5.41) is 7.18. The summed E-state index contributed by atoms with van der Waals surface area (Å²) in [5.74, 6) is 6.09. The Kier molecular flexibility index (Phi) is 6.50. The third-order valence-corrected chi connectivity index (χ3v) is 5.28. The molecule has 0 amide bonds. The molecule has 0 aromatic heterocycles. The van der Waals surface area contributed by atoms with E-state index in [-0.39, 0.29) is 5.92 Å². The Morgan fingerprint density at radius 1 is 0.885 bits per heavy atom. The molecule has 0 saturated heterocycles. The highest BCUT2D eigenvalue weighted by molar-refractivity contribution is 5.84. The first-order chi connectivity index (χ1) is 12.8. The van der Waals surface area contributed by atoms with Crippen molar-refractivity contribution in [2.24, 2.45) is 22.0 Å². The number of benzene rings is 2. The fraction of sp³-hybridized carbons (Fsp3) is 0.381. The molecule has 2 aromatic carbocycles. The quantitative estimate of drug-likeness (QED) is 0.264. The Balaban J connectivity index is 1.70. The molecule has 0 bridgehead atoms. The van der Waals surface area contributed by atoms with Gasteiger partial charge in [0.15, 0.2) is 5.84 Å². The lowest BCUT2D eigenvalue weighted by atomic mass is 9.84. The number of nitrogens with two attached hydrogens (primary N) is 1. The molecule has 5 nitrogen and oxygen atoms in total. The average molecular weight is 349 g/mol. The third-order valence-electron chi connectivity index (χ3n) is 5.28. The van der Waals surface area contributed by atoms with E-state index < -0.39 is 0 Å². The number of hydrogen-bond acceptors (Lipinski definition) is 4. The summed E-state index contributed by atoms with van der Waals surface area (Å²) < 4.78 is 0. The third kappa shape index (κ3) is 4.76. The summed E-state index contributed by atoms with van der Waals surface area (Å²) in [6.45, 7) is 1.90. The van der Waals surface area contributed by atoms with E-state index in [2.05, 4.69) is 75.8 Å². The molecule has 1 saturated carbocycles. The van der Waals surface area contributed by atoms with Crippen molar-refractivity contribution in [3.05, 3.63) is 71.8 Å². The van der Waals surface area contributed by atoms with E-state index >= 15 is 0 Å². The highest BCUT2D eigenvalue weighted by Crippen LogP contribution is 2.30. The van der Waals surface area contributed by atoms with Crippen molar-refractivity contribution in [3.63, 3.8) is 0 Å². The zero-order valence-electron chi connectivity index (χ0n) is 15.1. The number of nitrogens with zero attached hydrogens (tertiary/aromatic N) is 3. The molecule has 0 radical (unpaired) electrons. The van der Waals surface area contributed by atoms with Gasteiger partial charge in [-0.15, -0.1) is 5.11 Å². The van der Waals surface area contributed by atoms with Crippen LogP contribution in [0.1, 0.15) is 36.8 Å². The van der Waals surface area contributed by atoms with Crippen LogP contribution in [0.25, 0.3) is 0 Å². The smallest absolute Gasteiger partial charge is 0.172 e. The molecule has 1 aliphatic rings. The van der Waals surface area contributed by atoms with Gasteiger partial charge in [-0.3, -0.25) is 4.90 Å². The fourth-order valence-electron chi connectivity index (χ4n) is 3.87. The lowest BCUT2D eigenvalue weighted by Gasteiger charge is -2.36. The highest BCUT2D eigenvalue weighted by atomic mass is 15.2. The normalized spacial score (nSPS) is 20.9. The average Bonchev–Trinajstić information content (AvgIpc) is 2.71. The van der Waals surface area contributed by atoms with Gasteiger partial charge in [-0.1, -0.05) is 60.7 Å². The van der Waals surface area contributed by atoms with E-state index in [1.165, 1.54) is 11.1 Å². The van der Waals surface area contributed by atoms with E-state index in [0.717, 1.165) is 38.8 Å². The Bertz CT molecular complexity index is 664. The van der Waals surface area contributed by atoms with Gasteiger partial charge in [0.1, 0.15) is 0 Å². The Hall–Kier alpha value is -2.53. The molecule has 0 aliphatic heterocycles. The number of rotatable bonds is 6. The van der Waals surface area contributed by atoms with Gasteiger partial charge in [-0.25, -0.2) is 5.53 Å². The summed E-state index contributed by atoms with van der Waals surface area (Å²) in [6.07, 6.45) is 4.14. The standard InChI is InChI=1S/C21H27N5/c22-24-21(25-23)19-11-13-20(14-12-19)26(15-17-7-3-1-4-8-17)16-18-9-5-2-6-10-18/h1-10,19-20,22H,11-16,23H2/b24-22?,25-21-. The molecule has 0 atom stereocenters. The van der Waals surface area contributed by atoms with Crippen LogP contribution in [0, 0.1) is 11.4 Å². The second-order valence-electron chi connectivity index (χ2n) is 6.98. The van der Waals surface area contributed by atoms with E-state index in [0.29, 0.717) is 11.9 Å². The molecule has 5 heteroatoms. The van der Waals surface area contributed by atoms with Crippen LogP contribution in [0.15, 0.2) is 70.9 Å². The number of hydrogen-bond donors (Lipinski definition) is 2. The molecule has 0 spiro atoms. The van der Waals surface area contributed by atoms with Gasteiger partial charge in [-0.05, 0) is 36.8 Å². The lowest BCUT2D eigenvalue weighted by Crippen LogP contribution is -2.38. The van der Waals surface area contributed by atoms with Gasteiger partial charge in [0.25, 0.3) is 0 Å². The second kappa shape index (κ2) is 9.25. The fourth-order valence-corrected chi connectivity index (χ4v) is 3.87. The van der Waals surface area contributed by atoms with Crippen molar-refractivity contribution in [2.75, 3.05) is 0 Å². The zero-order chi connectivity index (χ0) is 18.2. The molecule has 3 N–H and O–H groups in total. The molecule has 136 valence electrons. The lowest BCUT2D eigenvalue weighted by molar-refractivity contribution is 0.132. The minimum Gasteiger partial charge on any atom is -0.321 e. The number of amidine groups is 1. The van der Waals surface area contributed by atoms with E-state index in [1.807, 2.05) is 0 Å². The first kappa shape index (κ1) is 18.3. The summed E-state index contributed by atoms with van der Waals surface area (Å²) in [4.78, 5) is 2.58. The van der Waals surface area contributed by atoms with Crippen LogP contribution in [-0.4, -0.2) is 16.8 Å². The molecule has 26 heavy (non-hydrogen) atoms. The Morgan fingerprint density at radius 3 is 1.81 bits per heavy atom. The molecule has 1 fully saturated rings. The van der Waals surface area contributed by atoms with Gasteiger partial charge < -0.3 is 5.84 Å². The van der Waals surface area contributed by atoms with Crippen molar-refractivity contribution >= 4 is 5.84 Å². The van der Waals surface area contributed by atoms with Gasteiger partial charge in [-0.2, -0.15) is 5.10 Å². The number of hydrazone groups is 1. The highest BCUT2D eigenvalue weighted by Gasteiger charge is 2.28. The summed E-state index contributed by atoms with van der Waals surface area (Å²) >= 11 is 0. The zero-order valence-corrected chi connectivity index (χ0v) is 15.1. The van der Waals surface area contributed by atoms with Crippen LogP contribution in [-0.2, 0) is 13.1 Å². The number of nitrogens with one attached hydrogen (secondary N) is 1. The van der Waals surface area contributed by atoms with E-state index in [9.17, 15) is 0 Å². The van der Waals surface area contributed by atoms with Gasteiger partial charge in [0.05, 0.1) is 0 Å². The maximum Gasteiger partial charge on any atom is 0.172 e. The summed E-state index contributed by atoms with van der Waals surface area (Å²) in [5.41, 5.74) is 9.92. The minimum absolute atomic E-state index is 0.226. The summed E-state index contributed by atoms with van der Waals surface area (Å²) in [6, 6.07) is 21.9. The van der Waals surface area contributed by atoms with Crippen molar-refractivity contribution in [1.29, 1.82) is 5.53 Å². The van der Waals surface area contributed by atoms with E-state index in [1.54, 1.807) is 0 Å². The predicted molar refractivity (Wildman–Crippen MR) is 105 cm³/mol. The first-order valence-electron chi connectivity index (χ1n) is 9.27. The molecule has 2 aromatic rings. The van der Waals surface area contributed by atoms with Crippen molar-refractivity contribution in [3.8, 4) is 0 Å². The second-order valence-corrected chi connectivity index (χ2v) is 6.98. The molecular formula is C21H27N5. The largest absolute Gasteiger partial charge is 0.321 e. The van der Waals surface area contributed by atoms with Crippen LogP contribution in [0.4, 0.5) is 0 Å². The SMILES string of the molecule is N=N/C(=N\N)C1CCC(N(Cc2ccccc2)Cc2ccccc2)CC1. The minimum atomic E-state index is 0.226. The molecular weight excluding hydrogens is 322 g/mol. The van der Waals surface area contributed by atoms with Crippen LogP contribution >= 0.6 is 0 Å². The van der Waals surface area contributed by atoms with Crippen LogP contribution < -0.4 is 5.84 Å². The summed E-state index contributed by atoms with van der Waals surface area (Å²) in [7, 11) is 0. The Labute approximate surface area is 155 Å². The predicted octanol–water partition coefficient (Wildman–Crippen LogP) is 4.55. The monoisotopic (exact) mass is 349 g/mol. The Morgan fingerprint density at radius 2 is 1.38 bits per heavy atom. The van der Waals surface area contributed by atoms with Crippen LogP contribution in [0.5, 0.6) is 0 Å². The van der Waals surface area contributed by atoms with Crippen LogP contribution in [0.3, 0.4) is 0 Å². The maximum absolute atomic E-state index is 7.23. The van der Waals surface area contributed by atoms with Gasteiger partial charge in [0, 0.05) is 25.0 Å². The van der Waals surface area contributed by atoms with Crippen LogP contribution in [0.2, 0.25) is 0 Å². The van der Waals surface area contributed by atoms with Crippen molar-refractivity contribution < 1.29 is 0 Å². The van der Waals surface area contributed by atoms with E-state index in [4.69, 9.17) is 11.4 Å². The molecule has 0 unspecified atom stereocenters. The van der Waals surface area contributed by atoms with Crippen molar-refractivity contribution in [2.45, 2.75) is 44.8 Å². The molecule has 0 heterocycles. The van der Waals surface area contributed by atoms with Crippen molar-refractivity contribution in [1.82, 2.24) is 4.90 Å². The maximum atomic E-state index is 7.23. The van der Waals surface area contributed by atoms with Gasteiger partial charge in [0.2, 0.25) is 0 Å². The molecule has 1 aliphatic carbocycles. The first-order valence-corrected chi connectivity index (χ1v) is 9.27. The topological polar surface area (TPSA) is 77.8 Å². The molecule has 3 rings (SSSR count). The van der Waals surface area contributed by atoms with Gasteiger partial charge >= 0.3 is 0 Å².